The average molecular weight is 303 g/mol. The van der Waals surface area contributed by atoms with E-state index in [1.807, 2.05) is 6.92 Å². The summed E-state index contributed by atoms with van der Waals surface area (Å²) in [5.41, 5.74) is 5.01. The number of nitrogens with two attached hydrogens (primary N) is 1. The third-order valence-electron chi connectivity index (χ3n) is 6.44. The smallest absolute Gasteiger partial charge is 0.234 e. The zero-order valence-electron chi connectivity index (χ0n) is 13.4. The molecular weight excluding hydrogens is 278 g/mol. The van der Waals surface area contributed by atoms with Gasteiger partial charge in [-0.25, -0.2) is 5.84 Å². The van der Waals surface area contributed by atoms with Crippen LogP contribution in [0.1, 0.15) is 62.0 Å². The summed E-state index contributed by atoms with van der Waals surface area (Å²) in [6.45, 7) is 4.09. The molecule has 22 heavy (non-hydrogen) atoms. The molecule has 5 heteroatoms. The van der Waals surface area contributed by atoms with Crippen LogP contribution in [-0.2, 0) is 10.2 Å². The predicted octanol–water partition coefficient (Wildman–Crippen LogP) is 2.51. The van der Waals surface area contributed by atoms with Gasteiger partial charge in [0.2, 0.25) is 5.91 Å². The van der Waals surface area contributed by atoms with Gasteiger partial charge in [-0.1, -0.05) is 5.16 Å². The van der Waals surface area contributed by atoms with Crippen LogP contribution in [0.5, 0.6) is 0 Å². The fourth-order valence-corrected chi connectivity index (χ4v) is 6.58. The van der Waals surface area contributed by atoms with Crippen molar-refractivity contribution in [3.05, 3.63) is 17.0 Å². The first-order chi connectivity index (χ1) is 10.5. The molecule has 4 aliphatic rings. The van der Waals surface area contributed by atoms with Gasteiger partial charge in [0.1, 0.15) is 5.76 Å². The van der Waals surface area contributed by atoms with Crippen molar-refractivity contribution in [2.45, 2.75) is 64.2 Å². The lowest BCUT2D eigenvalue weighted by atomic mass is 9.42. The number of rotatable bonds is 3. The highest BCUT2D eigenvalue weighted by Gasteiger charge is 2.59. The zero-order chi connectivity index (χ0) is 15.5. The minimum atomic E-state index is -0.0177. The summed E-state index contributed by atoms with van der Waals surface area (Å²) in [6.07, 6.45) is 7.82. The summed E-state index contributed by atoms with van der Waals surface area (Å²) >= 11 is 0. The van der Waals surface area contributed by atoms with E-state index >= 15 is 0 Å². The van der Waals surface area contributed by atoms with Gasteiger partial charge in [0, 0.05) is 17.4 Å². The van der Waals surface area contributed by atoms with E-state index in [1.54, 1.807) is 0 Å². The lowest BCUT2D eigenvalue weighted by molar-refractivity contribution is -0.131. The van der Waals surface area contributed by atoms with Crippen molar-refractivity contribution in [2.75, 3.05) is 0 Å². The number of amides is 1. The Hall–Kier alpha value is -1.36. The molecule has 120 valence electrons. The van der Waals surface area contributed by atoms with E-state index in [0.717, 1.165) is 29.7 Å². The molecule has 0 aliphatic heterocycles. The molecule has 3 N–H and O–H groups in total. The lowest BCUT2D eigenvalue weighted by Gasteiger charge is -2.62. The van der Waals surface area contributed by atoms with Crippen LogP contribution in [0.25, 0.3) is 0 Å². The van der Waals surface area contributed by atoms with Gasteiger partial charge < -0.3 is 4.52 Å². The summed E-state index contributed by atoms with van der Waals surface area (Å²) in [5, 5.41) is 4.20. The van der Waals surface area contributed by atoms with Crippen LogP contribution >= 0.6 is 0 Å². The quantitative estimate of drug-likeness (QED) is 0.511. The molecule has 1 amide bonds. The molecule has 5 rings (SSSR count). The van der Waals surface area contributed by atoms with E-state index in [0.29, 0.717) is 6.42 Å². The van der Waals surface area contributed by atoms with Crippen molar-refractivity contribution in [3.8, 4) is 0 Å². The Kier molecular flexibility index (Phi) is 2.96. The second-order valence-electron chi connectivity index (χ2n) is 8.18. The van der Waals surface area contributed by atoms with E-state index < -0.39 is 0 Å². The Morgan fingerprint density at radius 3 is 2.55 bits per heavy atom. The fourth-order valence-electron chi connectivity index (χ4n) is 6.58. The third-order valence-corrected chi connectivity index (χ3v) is 6.44. The Labute approximate surface area is 131 Å². The van der Waals surface area contributed by atoms with Gasteiger partial charge in [-0.15, -0.1) is 0 Å². The molecule has 0 saturated heterocycles. The molecule has 2 unspecified atom stereocenters. The Morgan fingerprint density at radius 1 is 1.32 bits per heavy atom. The minimum Gasteiger partial charge on any atom is -0.361 e. The van der Waals surface area contributed by atoms with Crippen molar-refractivity contribution in [2.24, 2.45) is 23.1 Å². The molecule has 1 aromatic heterocycles. The van der Waals surface area contributed by atoms with E-state index in [9.17, 15) is 4.79 Å². The first-order valence-corrected chi connectivity index (χ1v) is 8.38. The SMILES string of the molecule is Cc1noc(C)c1C12CC3CC(CC(CC(=O)NN)(C3)C1)C2. The molecule has 5 nitrogen and oxygen atoms in total. The number of nitrogens with zero attached hydrogens (tertiary/aromatic N) is 1. The normalized spacial score (nSPS) is 39.2. The molecule has 0 aromatic carbocycles. The van der Waals surface area contributed by atoms with E-state index in [-0.39, 0.29) is 16.7 Å². The zero-order valence-corrected chi connectivity index (χ0v) is 13.4. The number of carbonyl (C=O) groups is 1. The second kappa shape index (κ2) is 4.57. The number of carbonyl (C=O) groups excluding carboxylic acids is 1. The minimum absolute atomic E-state index is 0.0177. The van der Waals surface area contributed by atoms with Crippen molar-refractivity contribution in [3.63, 3.8) is 0 Å². The third kappa shape index (κ3) is 1.94. The molecular formula is C17H25N3O2. The van der Waals surface area contributed by atoms with Crippen LogP contribution in [-0.4, -0.2) is 11.1 Å². The number of aromatic nitrogens is 1. The monoisotopic (exact) mass is 303 g/mol. The average Bonchev–Trinajstić information content (AvgIpc) is 2.76. The molecule has 0 spiro atoms. The van der Waals surface area contributed by atoms with Crippen LogP contribution in [0, 0.1) is 31.1 Å². The standard InChI is InChI=1S/C17H25N3O2/c1-10-15(11(2)22-20-10)17-6-12-3-13(7-17)5-16(4-12,9-17)8-14(21)19-18/h12-13H,3-9,18H2,1-2H3,(H,19,21). The predicted molar refractivity (Wildman–Crippen MR) is 81.7 cm³/mol. The summed E-state index contributed by atoms with van der Waals surface area (Å²) in [7, 11) is 0. The molecule has 4 saturated carbocycles. The summed E-state index contributed by atoms with van der Waals surface area (Å²) in [4.78, 5) is 12.0. The summed E-state index contributed by atoms with van der Waals surface area (Å²) < 4.78 is 5.47. The number of hydrazine groups is 1. The Bertz CT molecular complexity index is 588. The van der Waals surface area contributed by atoms with Crippen LogP contribution in [0.2, 0.25) is 0 Å². The Morgan fingerprint density at radius 2 is 2.00 bits per heavy atom. The maximum absolute atomic E-state index is 12.0. The highest BCUT2D eigenvalue weighted by Crippen LogP contribution is 2.67. The fraction of sp³-hybridized carbons (Fsp3) is 0.765. The number of aryl methyl sites for hydroxylation is 2. The van der Waals surface area contributed by atoms with E-state index in [4.69, 9.17) is 10.4 Å². The van der Waals surface area contributed by atoms with Crippen molar-refractivity contribution in [1.29, 1.82) is 0 Å². The summed E-state index contributed by atoms with van der Waals surface area (Å²) in [5.74, 6) is 7.78. The number of hydrogen-bond acceptors (Lipinski definition) is 4. The largest absolute Gasteiger partial charge is 0.361 e. The second-order valence-corrected chi connectivity index (χ2v) is 8.18. The number of nitrogens with one attached hydrogen (secondary N) is 1. The van der Waals surface area contributed by atoms with Crippen molar-refractivity contribution in [1.82, 2.24) is 10.6 Å². The Balaban J connectivity index is 1.75. The van der Waals surface area contributed by atoms with Gasteiger partial charge in [-0.05, 0) is 69.6 Å². The van der Waals surface area contributed by atoms with Gasteiger partial charge in [-0.3, -0.25) is 10.2 Å². The van der Waals surface area contributed by atoms with E-state index in [1.165, 1.54) is 37.7 Å². The molecule has 2 atom stereocenters. The highest BCUT2D eigenvalue weighted by atomic mass is 16.5. The molecule has 0 radical (unpaired) electrons. The van der Waals surface area contributed by atoms with Gasteiger partial charge in [0.15, 0.2) is 0 Å². The van der Waals surface area contributed by atoms with E-state index in [2.05, 4.69) is 17.5 Å². The number of hydrogen-bond donors (Lipinski definition) is 2. The molecule has 4 aliphatic carbocycles. The van der Waals surface area contributed by atoms with Gasteiger partial charge in [0.25, 0.3) is 0 Å². The van der Waals surface area contributed by atoms with Crippen LogP contribution < -0.4 is 11.3 Å². The maximum atomic E-state index is 12.0. The van der Waals surface area contributed by atoms with Crippen molar-refractivity contribution >= 4 is 5.91 Å². The molecule has 1 aromatic rings. The van der Waals surface area contributed by atoms with Gasteiger partial charge in [-0.2, -0.15) is 0 Å². The molecule has 1 heterocycles. The maximum Gasteiger partial charge on any atom is 0.234 e. The summed E-state index contributed by atoms with van der Waals surface area (Å²) in [6, 6.07) is 0. The first kappa shape index (κ1) is 14.2. The van der Waals surface area contributed by atoms with Crippen LogP contribution in [0.4, 0.5) is 0 Å². The molecule has 4 fully saturated rings. The van der Waals surface area contributed by atoms with Gasteiger partial charge >= 0.3 is 0 Å². The molecule has 4 bridgehead atoms. The van der Waals surface area contributed by atoms with Crippen LogP contribution in [0.15, 0.2) is 4.52 Å². The lowest BCUT2D eigenvalue weighted by Crippen LogP contribution is -2.55. The topological polar surface area (TPSA) is 81.2 Å². The van der Waals surface area contributed by atoms with Gasteiger partial charge in [0.05, 0.1) is 5.69 Å². The highest BCUT2D eigenvalue weighted by molar-refractivity contribution is 5.76. The van der Waals surface area contributed by atoms with Crippen molar-refractivity contribution < 1.29 is 9.32 Å². The first-order valence-electron chi connectivity index (χ1n) is 8.38. The van der Waals surface area contributed by atoms with Crippen LogP contribution in [0.3, 0.4) is 0 Å².